The first-order chi connectivity index (χ1) is 16.9. The van der Waals surface area contributed by atoms with Gasteiger partial charge < -0.3 is 15.2 Å². The van der Waals surface area contributed by atoms with Crippen molar-refractivity contribution < 1.29 is 31.5 Å². The van der Waals surface area contributed by atoms with Crippen LogP contribution in [-0.2, 0) is 24.8 Å². The maximum atomic E-state index is 13.5. The van der Waals surface area contributed by atoms with E-state index in [-0.39, 0.29) is 21.2 Å². The van der Waals surface area contributed by atoms with Crippen molar-refractivity contribution in [3.05, 3.63) is 84.1 Å². The second kappa shape index (κ2) is 9.28. The number of nitrogens with two attached hydrogens (primary N) is 2. The van der Waals surface area contributed by atoms with E-state index in [4.69, 9.17) is 15.0 Å². The molecule has 0 radical (unpaired) electrons. The quantitative estimate of drug-likeness (QED) is 0.356. The van der Waals surface area contributed by atoms with Crippen LogP contribution in [0.1, 0.15) is 11.6 Å². The van der Waals surface area contributed by atoms with Crippen molar-refractivity contribution in [1.29, 1.82) is 0 Å². The summed E-state index contributed by atoms with van der Waals surface area (Å²) in [7, 11) is -6.36. The van der Waals surface area contributed by atoms with E-state index in [1.54, 1.807) is 18.2 Å². The fraction of sp³-hybridized carbons (Fsp3) is 0.0870. The average molecular weight is 531 g/mol. The molecule has 13 heteroatoms. The summed E-state index contributed by atoms with van der Waals surface area (Å²) in [5.74, 6) is -0.121. The van der Waals surface area contributed by atoms with E-state index < -0.39 is 32.0 Å². The van der Waals surface area contributed by atoms with E-state index >= 15 is 0 Å². The van der Waals surface area contributed by atoms with Crippen molar-refractivity contribution in [2.45, 2.75) is 15.8 Å². The van der Waals surface area contributed by atoms with E-state index in [0.717, 1.165) is 0 Å². The standard InChI is InChI=1S/C23H22N4O7S2/c1-34-16-6-11-22(28)19(12-16)21-13-20(26-14-2-7-17(8-3-14)35(24,30)31)23(29)27(21)15-4-9-18(10-5-15)36(25,32)33/h2-13,21,26,28H,1H3,(H2,24,30,31)(H2,25,32,33). The molecule has 1 aliphatic heterocycles. The Morgan fingerprint density at radius 1 is 0.889 bits per heavy atom. The Kier molecular flexibility index (Phi) is 6.49. The van der Waals surface area contributed by atoms with Gasteiger partial charge in [0, 0.05) is 16.9 Å². The largest absolute Gasteiger partial charge is 0.508 e. The number of hydrogen-bond donors (Lipinski definition) is 4. The lowest BCUT2D eigenvalue weighted by Crippen LogP contribution is -2.31. The van der Waals surface area contributed by atoms with Crippen LogP contribution >= 0.6 is 0 Å². The summed E-state index contributed by atoms with van der Waals surface area (Å²) in [5, 5.41) is 23.8. The first kappa shape index (κ1) is 25.2. The number of hydrogen-bond acceptors (Lipinski definition) is 8. The van der Waals surface area contributed by atoms with E-state index in [0.29, 0.717) is 22.7 Å². The summed E-state index contributed by atoms with van der Waals surface area (Å²) in [6.07, 6.45) is 1.58. The molecule has 0 spiro atoms. The molecule has 0 fully saturated rings. The van der Waals surface area contributed by atoms with Crippen molar-refractivity contribution in [2.75, 3.05) is 17.3 Å². The molecule has 1 unspecified atom stereocenters. The van der Waals surface area contributed by atoms with Crippen LogP contribution in [0.4, 0.5) is 11.4 Å². The van der Waals surface area contributed by atoms with Gasteiger partial charge in [0.25, 0.3) is 5.91 Å². The molecule has 4 rings (SSSR count). The minimum absolute atomic E-state index is 0.0875. The molecule has 0 saturated carbocycles. The number of anilines is 2. The highest BCUT2D eigenvalue weighted by molar-refractivity contribution is 7.89. The lowest BCUT2D eigenvalue weighted by atomic mass is 10.0. The van der Waals surface area contributed by atoms with Crippen LogP contribution in [0.5, 0.6) is 11.5 Å². The average Bonchev–Trinajstić information content (AvgIpc) is 3.14. The Bertz CT molecular complexity index is 1570. The molecule has 0 saturated heterocycles. The number of nitrogens with zero attached hydrogens (tertiary/aromatic N) is 1. The molecule has 1 aliphatic rings. The molecule has 0 aliphatic carbocycles. The van der Waals surface area contributed by atoms with Crippen molar-refractivity contribution >= 4 is 37.3 Å². The summed E-state index contributed by atoms with van der Waals surface area (Å²) < 4.78 is 51.6. The molecule has 1 amide bonds. The number of phenols is 1. The topological polar surface area (TPSA) is 182 Å². The van der Waals surface area contributed by atoms with Gasteiger partial charge in [0.1, 0.15) is 17.2 Å². The predicted octanol–water partition coefficient (Wildman–Crippen LogP) is 1.78. The predicted molar refractivity (Wildman–Crippen MR) is 132 cm³/mol. The number of benzene rings is 3. The van der Waals surface area contributed by atoms with Gasteiger partial charge in [-0.05, 0) is 72.8 Å². The normalized spacial score (nSPS) is 16.1. The fourth-order valence-corrected chi connectivity index (χ4v) is 4.77. The number of amides is 1. The Morgan fingerprint density at radius 3 is 1.97 bits per heavy atom. The van der Waals surface area contributed by atoms with Crippen LogP contribution in [0.15, 0.2) is 88.3 Å². The van der Waals surface area contributed by atoms with Crippen molar-refractivity contribution in [3.63, 3.8) is 0 Å². The summed E-state index contributed by atoms with van der Waals surface area (Å²) in [6.45, 7) is 0. The van der Waals surface area contributed by atoms with E-state index in [1.807, 2.05) is 0 Å². The second-order valence-corrected chi connectivity index (χ2v) is 11.0. The highest BCUT2D eigenvalue weighted by Gasteiger charge is 2.36. The summed E-state index contributed by atoms with van der Waals surface area (Å²) >= 11 is 0. The Balaban J connectivity index is 1.76. The van der Waals surface area contributed by atoms with Crippen molar-refractivity contribution in [2.24, 2.45) is 10.3 Å². The number of aromatic hydroxyl groups is 1. The zero-order valence-corrected chi connectivity index (χ0v) is 20.5. The third-order valence-corrected chi connectivity index (χ3v) is 7.37. The molecule has 0 aromatic heterocycles. The SMILES string of the molecule is COc1ccc(O)c(C2C=C(Nc3ccc(S(N)(=O)=O)cc3)C(=O)N2c2ccc(S(N)(=O)=O)cc2)c1. The van der Waals surface area contributed by atoms with Crippen LogP contribution < -0.4 is 25.2 Å². The van der Waals surface area contributed by atoms with Crippen LogP contribution in [-0.4, -0.2) is 35.0 Å². The zero-order chi connectivity index (χ0) is 26.3. The molecule has 188 valence electrons. The van der Waals surface area contributed by atoms with Crippen LogP contribution in [0.2, 0.25) is 0 Å². The summed E-state index contributed by atoms with van der Waals surface area (Å²) in [6, 6.07) is 14.7. The fourth-order valence-electron chi connectivity index (χ4n) is 3.74. The number of nitrogens with one attached hydrogen (secondary N) is 1. The monoisotopic (exact) mass is 530 g/mol. The molecule has 0 bridgehead atoms. The zero-order valence-electron chi connectivity index (χ0n) is 18.8. The smallest absolute Gasteiger partial charge is 0.275 e. The molecule has 3 aromatic rings. The number of carbonyl (C=O) groups excluding carboxylic acids is 1. The Labute approximate surface area is 207 Å². The number of ether oxygens (including phenoxy) is 1. The number of sulfonamides is 2. The van der Waals surface area contributed by atoms with Crippen LogP contribution in [0, 0.1) is 0 Å². The number of methoxy groups -OCH3 is 1. The maximum absolute atomic E-state index is 13.5. The molecule has 1 atom stereocenters. The molecule has 3 aromatic carbocycles. The van der Waals surface area contributed by atoms with E-state index in [1.165, 1.54) is 66.6 Å². The van der Waals surface area contributed by atoms with Crippen LogP contribution in [0.3, 0.4) is 0 Å². The third kappa shape index (κ3) is 5.04. The summed E-state index contributed by atoms with van der Waals surface area (Å²) in [4.78, 5) is 14.6. The van der Waals surface area contributed by atoms with Gasteiger partial charge in [-0.3, -0.25) is 9.69 Å². The first-order valence-electron chi connectivity index (χ1n) is 10.3. The minimum Gasteiger partial charge on any atom is -0.508 e. The number of carbonyl (C=O) groups is 1. The van der Waals surface area contributed by atoms with E-state index in [9.17, 15) is 26.7 Å². The number of rotatable bonds is 7. The molecule has 6 N–H and O–H groups in total. The van der Waals surface area contributed by atoms with Gasteiger partial charge >= 0.3 is 0 Å². The van der Waals surface area contributed by atoms with Gasteiger partial charge in [-0.1, -0.05) is 0 Å². The third-order valence-electron chi connectivity index (χ3n) is 5.51. The molecular weight excluding hydrogens is 508 g/mol. The highest BCUT2D eigenvalue weighted by Crippen LogP contribution is 2.40. The van der Waals surface area contributed by atoms with Gasteiger partial charge in [0.15, 0.2) is 0 Å². The maximum Gasteiger partial charge on any atom is 0.275 e. The van der Waals surface area contributed by atoms with Gasteiger partial charge in [0.2, 0.25) is 20.0 Å². The van der Waals surface area contributed by atoms with Crippen molar-refractivity contribution in [3.8, 4) is 11.5 Å². The molecular formula is C23H22N4O7S2. The molecule has 1 heterocycles. The van der Waals surface area contributed by atoms with Crippen molar-refractivity contribution in [1.82, 2.24) is 0 Å². The first-order valence-corrected chi connectivity index (χ1v) is 13.4. The number of phenolic OH excluding ortho intramolecular Hbond substituents is 1. The van der Waals surface area contributed by atoms with Gasteiger partial charge in [-0.25, -0.2) is 27.1 Å². The lowest BCUT2D eigenvalue weighted by molar-refractivity contribution is -0.114. The lowest BCUT2D eigenvalue weighted by Gasteiger charge is -2.26. The number of primary sulfonamides is 2. The summed E-state index contributed by atoms with van der Waals surface area (Å²) in [5.41, 5.74) is 1.26. The van der Waals surface area contributed by atoms with Gasteiger partial charge in [-0.15, -0.1) is 0 Å². The van der Waals surface area contributed by atoms with E-state index in [2.05, 4.69) is 5.32 Å². The van der Waals surface area contributed by atoms with Crippen LogP contribution in [0.25, 0.3) is 0 Å². The minimum atomic E-state index is -3.94. The molecule has 36 heavy (non-hydrogen) atoms. The van der Waals surface area contributed by atoms with Gasteiger partial charge in [-0.2, -0.15) is 0 Å². The second-order valence-electron chi connectivity index (χ2n) is 7.86. The van der Waals surface area contributed by atoms with Gasteiger partial charge in [0.05, 0.1) is 22.9 Å². The Morgan fingerprint density at radius 2 is 1.44 bits per heavy atom. The molecule has 11 nitrogen and oxygen atoms in total. The highest BCUT2D eigenvalue weighted by atomic mass is 32.2. The Hall–Kier alpha value is -3.91.